The van der Waals surface area contributed by atoms with E-state index >= 15 is 0 Å². The second-order valence-electron chi connectivity index (χ2n) is 8.13. The number of aromatic nitrogens is 3. The smallest absolute Gasteiger partial charge is 0.189 e. The zero-order valence-corrected chi connectivity index (χ0v) is 18.7. The van der Waals surface area contributed by atoms with Crippen LogP contribution in [0, 0.1) is 17.2 Å². The Balaban J connectivity index is 1.32. The number of aliphatic hydroxyl groups is 1. The lowest BCUT2D eigenvalue weighted by Gasteiger charge is -2.21. The Hall–Kier alpha value is -3.67. The topological polar surface area (TPSA) is 107 Å². The molecule has 7 nitrogen and oxygen atoms in total. The number of hydrogen-bond donors (Lipinski definition) is 2. The number of rotatable bonds is 5. The van der Waals surface area contributed by atoms with Gasteiger partial charge in [-0.1, -0.05) is 23.5 Å². The molecule has 1 fully saturated rings. The highest BCUT2D eigenvalue weighted by atomic mass is 32.1. The molecule has 0 atom stereocenters. The second kappa shape index (κ2) is 9.45. The summed E-state index contributed by atoms with van der Waals surface area (Å²) in [6.45, 7) is 0. The first-order valence-corrected chi connectivity index (χ1v) is 11.7. The Bertz CT molecular complexity index is 1350. The summed E-state index contributed by atoms with van der Waals surface area (Å²) in [6, 6.07) is 15.7. The van der Waals surface area contributed by atoms with Crippen molar-refractivity contribution in [3.05, 3.63) is 60.4 Å². The Morgan fingerprint density at radius 3 is 2.79 bits per heavy atom. The molecule has 1 aromatic carbocycles. The average molecular weight is 455 g/mol. The summed E-state index contributed by atoms with van der Waals surface area (Å²) in [5.41, 5.74) is 3.32. The van der Waals surface area contributed by atoms with Gasteiger partial charge in [0.1, 0.15) is 11.9 Å². The van der Waals surface area contributed by atoms with Crippen LogP contribution in [0.15, 0.2) is 59.9 Å². The minimum Gasteiger partial charge on any atom is -0.393 e. The lowest BCUT2D eigenvalue weighted by molar-refractivity contribution is 0.121. The SMILES string of the molecule is N#Cc1cncc(-c2ccc3nc(Nc4cccc(/N=C\C5CCC(O)CC5)n4)sc3c2)c1. The number of thiazole rings is 1. The van der Waals surface area contributed by atoms with Crippen LogP contribution in [-0.2, 0) is 0 Å². The van der Waals surface area contributed by atoms with Crippen LogP contribution in [0.4, 0.5) is 16.8 Å². The highest BCUT2D eigenvalue weighted by molar-refractivity contribution is 7.22. The lowest BCUT2D eigenvalue weighted by atomic mass is 9.88. The van der Waals surface area contributed by atoms with Crippen molar-refractivity contribution in [1.82, 2.24) is 15.0 Å². The maximum Gasteiger partial charge on any atom is 0.189 e. The molecule has 0 unspecified atom stereocenters. The van der Waals surface area contributed by atoms with E-state index in [9.17, 15) is 5.11 Å². The highest BCUT2D eigenvalue weighted by Crippen LogP contribution is 2.32. The standard InChI is InChI=1S/C25H22N6OS/c26-12-17-10-19(15-27-13-17)18-6-9-21-22(11-18)33-25(29-21)31-24-3-1-2-23(30-24)28-14-16-4-7-20(32)8-5-16/h1-3,6,9-11,13-16,20,32H,4-5,7-8H2,(H,29,30,31)/b28-14-. The van der Waals surface area contributed by atoms with Crippen LogP contribution in [-0.4, -0.2) is 32.4 Å². The summed E-state index contributed by atoms with van der Waals surface area (Å²) < 4.78 is 1.03. The number of nitrogens with one attached hydrogen (secondary N) is 1. The van der Waals surface area contributed by atoms with Gasteiger partial charge in [-0.15, -0.1) is 0 Å². The molecule has 8 heteroatoms. The predicted molar refractivity (Wildman–Crippen MR) is 131 cm³/mol. The molecule has 0 spiro atoms. The number of hydrogen-bond acceptors (Lipinski definition) is 8. The maximum absolute atomic E-state index is 9.65. The maximum atomic E-state index is 9.65. The molecule has 33 heavy (non-hydrogen) atoms. The van der Waals surface area contributed by atoms with Crippen LogP contribution in [0.5, 0.6) is 0 Å². The minimum absolute atomic E-state index is 0.162. The van der Waals surface area contributed by atoms with Gasteiger partial charge in [0.15, 0.2) is 10.9 Å². The van der Waals surface area contributed by atoms with E-state index in [1.165, 1.54) is 0 Å². The molecule has 0 bridgehead atoms. The van der Waals surface area contributed by atoms with Crippen molar-refractivity contribution in [3.8, 4) is 17.2 Å². The summed E-state index contributed by atoms with van der Waals surface area (Å²) in [6.07, 6.45) is 8.73. The Morgan fingerprint density at radius 1 is 1.06 bits per heavy atom. The summed E-state index contributed by atoms with van der Waals surface area (Å²) in [5.74, 6) is 1.74. The van der Waals surface area contributed by atoms with Crippen LogP contribution in [0.3, 0.4) is 0 Å². The molecule has 0 saturated heterocycles. The zero-order valence-electron chi connectivity index (χ0n) is 17.8. The number of aliphatic imine (C=N–C) groups is 1. The number of anilines is 2. The van der Waals surface area contributed by atoms with Crippen molar-refractivity contribution < 1.29 is 5.11 Å². The van der Waals surface area contributed by atoms with Crippen LogP contribution in [0.2, 0.25) is 0 Å². The molecular formula is C25H22N6OS. The second-order valence-corrected chi connectivity index (χ2v) is 9.16. The van der Waals surface area contributed by atoms with Crippen LogP contribution < -0.4 is 5.32 Å². The van der Waals surface area contributed by atoms with E-state index in [4.69, 9.17) is 5.26 Å². The number of pyridine rings is 2. The summed E-state index contributed by atoms with van der Waals surface area (Å²) >= 11 is 1.54. The summed E-state index contributed by atoms with van der Waals surface area (Å²) in [4.78, 5) is 18.0. The normalized spacial score (nSPS) is 18.4. The van der Waals surface area contributed by atoms with Gasteiger partial charge in [-0.05, 0) is 67.5 Å². The van der Waals surface area contributed by atoms with E-state index < -0.39 is 0 Å². The number of fused-ring (bicyclic) bond motifs is 1. The number of aliphatic hydroxyl groups excluding tert-OH is 1. The van der Waals surface area contributed by atoms with Crippen molar-refractivity contribution in [2.75, 3.05) is 5.32 Å². The minimum atomic E-state index is -0.162. The first-order chi connectivity index (χ1) is 16.2. The van der Waals surface area contributed by atoms with Gasteiger partial charge in [-0.2, -0.15) is 5.26 Å². The van der Waals surface area contributed by atoms with Gasteiger partial charge in [0.25, 0.3) is 0 Å². The van der Waals surface area contributed by atoms with Crippen LogP contribution in [0.25, 0.3) is 21.3 Å². The third-order valence-corrected chi connectivity index (χ3v) is 6.65. The fourth-order valence-corrected chi connectivity index (χ4v) is 4.84. The molecule has 0 aliphatic heterocycles. The van der Waals surface area contributed by atoms with Crippen molar-refractivity contribution in [1.29, 1.82) is 5.26 Å². The molecule has 1 aliphatic carbocycles. The lowest BCUT2D eigenvalue weighted by Crippen LogP contribution is -2.18. The summed E-state index contributed by atoms with van der Waals surface area (Å²) in [5, 5.41) is 22.8. The Morgan fingerprint density at radius 2 is 1.94 bits per heavy atom. The van der Waals surface area contributed by atoms with Crippen molar-refractivity contribution in [2.45, 2.75) is 31.8 Å². The van der Waals surface area contributed by atoms with Crippen molar-refractivity contribution >= 4 is 44.5 Å². The van der Waals surface area contributed by atoms with Gasteiger partial charge in [-0.3, -0.25) is 4.98 Å². The zero-order chi connectivity index (χ0) is 22.6. The molecule has 2 N–H and O–H groups in total. The van der Waals surface area contributed by atoms with Gasteiger partial charge < -0.3 is 10.4 Å². The third-order valence-electron chi connectivity index (χ3n) is 5.72. The van der Waals surface area contributed by atoms with E-state index in [-0.39, 0.29) is 6.10 Å². The van der Waals surface area contributed by atoms with E-state index in [2.05, 4.69) is 37.4 Å². The highest BCUT2D eigenvalue weighted by Gasteiger charge is 2.17. The quantitative estimate of drug-likeness (QED) is 0.379. The molecule has 1 aliphatic rings. The largest absolute Gasteiger partial charge is 0.393 e. The molecule has 0 amide bonds. The van der Waals surface area contributed by atoms with Crippen molar-refractivity contribution in [2.24, 2.45) is 10.9 Å². The molecule has 3 aromatic heterocycles. The third kappa shape index (κ3) is 5.06. The molecule has 1 saturated carbocycles. The van der Waals surface area contributed by atoms with Crippen LogP contribution >= 0.6 is 11.3 Å². The van der Waals surface area contributed by atoms with Gasteiger partial charge in [0.2, 0.25) is 0 Å². The number of nitriles is 1. The molecule has 3 heterocycles. The Labute approximate surface area is 195 Å². The van der Waals surface area contributed by atoms with Crippen molar-refractivity contribution in [3.63, 3.8) is 0 Å². The van der Waals surface area contributed by atoms with E-state index in [0.29, 0.717) is 23.1 Å². The first-order valence-electron chi connectivity index (χ1n) is 10.9. The average Bonchev–Trinajstić information content (AvgIpc) is 3.25. The van der Waals surface area contributed by atoms with Crippen LogP contribution in [0.1, 0.15) is 31.2 Å². The van der Waals surface area contributed by atoms with Gasteiger partial charge in [0, 0.05) is 24.2 Å². The van der Waals surface area contributed by atoms with E-state index in [1.807, 2.05) is 42.6 Å². The molecule has 164 valence electrons. The van der Waals surface area contributed by atoms with E-state index in [1.54, 1.807) is 23.7 Å². The van der Waals surface area contributed by atoms with Gasteiger partial charge in [-0.25, -0.2) is 15.0 Å². The monoisotopic (exact) mass is 454 g/mol. The molecular weight excluding hydrogens is 432 g/mol. The first kappa shape index (κ1) is 21.2. The van der Waals surface area contributed by atoms with Gasteiger partial charge in [0.05, 0.1) is 21.9 Å². The molecule has 0 radical (unpaired) electrons. The van der Waals surface area contributed by atoms with Gasteiger partial charge >= 0.3 is 0 Å². The number of nitrogens with zero attached hydrogens (tertiary/aromatic N) is 5. The fraction of sp³-hybridized carbons (Fsp3) is 0.240. The fourth-order valence-electron chi connectivity index (χ4n) is 3.92. The van der Waals surface area contributed by atoms with E-state index in [0.717, 1.165) is 52.2 Å². The Kier molecular flexibility index (Phi) is 6.07. The summed E-state index contributed by atoms with van der Waals surface area (Å²) in [7, 11) is 0. The molecule has 5 rings (SSSR count). The predicted octanol–water partition coefficient (Wildman–Crippen LogP) is 5.62. The molecule has 4 aromatic rings. The number of benzene rings is 1.